The van der Waals surface area contributed by atoms with Gasteiger partial charge in [-0.05, 0) is 23.8 Å². The van der Waals surface area contributed by atoms with Gasteiger partial charge in [0, 0.05) is 48.8 Å². The van der Waals surface area contributed by atoms with Crippen molar-refractivity contribution in [3.05, 3.63) is 36.0 Å². The highest BCUT2D eigenvalue weighted by atomic mass is 32.2. The van der Waals surface area contributed by atoms with Crippen LogP contribution in [0.4, 0.5) is 5.82 Å². The Labute approximate surface area is 130 Å². The molecule has 3 nitrogen and oxygen atoms in total. The summed E-state index contributed by atoms with van der Waals surface area (Å²) in [5.41, 5.74) is 1.33. The van der Waals surface area contributed by atoms with Crippen LogP contribution in [-0.2, 0) is 6.54 Å². The molecule has 2 fully saturated rings. The fourth-order valence-electron chi connectivity index (χ4n) is 2.95. The van der Waals surface area contributed by atoms with Gasteiger partial charge in [0.05, 0.1) is 0 Å². The highest BCUT2D eigenvalue weighted by Gasteiger charge is 2.21. The second kappa shape index (κ2) is 5.85. The number of thioether (sulfide) groups is 1. The SMILES string of the molecule is c1ccc2c(N3CCSCC3)ncc(CNC3CC3)c2c1. The Balaban J connectivity index is 1.69. The minimum Gasteiger partial charge on any atom is -0.354 e. The third kappa shape index (κ3) is 2.87. The molecule has 2 heterocycles. The van der Waals surface area contributed by atoms with E-state index in [0.29, 0.717) is 0 Å². The van der Waals surface area contributed by atoms with E-state index >= 15 is 0 Å². The summed E-state index contributed by atoms with van der Waals surface area (Å²) in [6.07, 6.45) is 4.73. The first-order valence-electron chi connectivity index (χ1n) is 7.84. The van der Waals surface area contributed by atoms with E-state index in [0.717, 1.165) is 25.7 Å². The van der Waals surface area contributed by atoms with Crippen molar-refractivity contribution in [1.29, 1.82) is 0 Å². The predicted molar refractivity (Wildman–Crippen MR) is 91.1 cm³/mol. The zero-order chi connectivity index (χ0) is 14.1. The molecule has 1 saturated carbocycles. The van der Waals surface area contributed by atoms with Gasteiger partial charge in [0.1, 0.15) is 5.82 Å². The highest BCUT2D eigenvalue weighted by molar-refractivity contribution is 7.99. The van der Waals surface area contributed by atoms with Gasteiger partial charge >= 0.3 is 0 Å². The number of nitrogens with one attached hydrogen (secondary N) is 1. The van der Waals surface area contributed by atoms with Crippen LogP contribution in [0.15, 0.2) is 30.5 Å². The van der Waals surface area contributed by atoms with E-state index in [1.54, 1.807) is 0 Å². The fraction of sp³-hybridized carbons (Fsp3) is 0.471. The largest absolute Gasteiger partial charge is 0.354 e. The maximum absolute atomic E-state index is 4.81. The van der Waals surface area contributed by atoms with Crippen LogP contribution in [0.25, 0.3) is 10.8 Å². The molecule has 0 spiro atoms. The monoisotopic (exact) mass is 299 g/mol. The Morgan fingerprint density at radius 3 is 2.67 bits per heavy atom. The first-order chi connectivity index (χ1) is 10.4. The lowest BCUT2D eigenvalue weighted by Gasteiger charge is -2.28. The van der Waals surface area contributed by atoms with E-state index in [1.807, 2.05) is 11.8 Å². The number of anilines is 1. The molecule has 0 atom stereocenters. The van der Waals surface area contributed by atoms with Crippen LogP contribution >= 0.6 is 11.8 Å². The first-order valence-corrected chi connectivity index (χ1v) is 9.00. The fourth-order valence-corrected chi connectivity index (χ4v) is 3.85. The summed E-state index contributed by atoms with van der Waals surface area (Å²) >= 11 is 2.04. The third-order valence-electron chi connectivity index (χ3n) is 4.33. The van der Waals surface area contributed by atoms with E-state index in [4.69, 9.17) is 4.98 Å². The van der Waals surface area contributed by atoms with Crippen molar-refractivity contribution >= 4 is 28.4 Å². The minimum absolute atomic E-state index is 0.738. The smallest absolute Gasteiger partial charge is 0.136 e. The van der Waals surface area contributed by atoms with E-state index in [-0.39, 0.29) is 0 Å². The van der Waals surface area contributed by atoms with Crippen molar-refractivity contribution in [2.24, 2.45) is 0 Å². The third-order valence-corrected chi connectivity index (χ3v) is 5.27. The second-order valence-electron chi connectivity index (χ2n) is 5.91. The van der Waals surface area contributed by atoms with Gasteiger partial charge < -0.3 is 10.2 Å². The van der Waals surface area contributed by atoms with Crippen LogP contribution in [0.1, 0.15) is 18.4 Å². The molecule has 1 aromatic heterocycles. The van der Waals surface area contributed by atoms with Crippen molar-refractivity contribution in [3.63, 3.8) is 0 Å². The van der Waals surface area contributed by atoms with Crippen LogP contribution in [0.2, 0.25) is 0 Å². The molecule has 110 valence electrons. The molecule has 1 aliphatic carbocycles. The standard InChI is InChI=1S/C17H21N3S/c1-2-4-16-15(3-1)13(11-18-14-5-6-14)12-19-17(16)20-7-9-21-10-8-20/h1-4,12,14,18H,5-11H2. The number of fused-ring (bicyclic) bond motifs is 1. The molecule has 0 unspecified atom stereocenters. The number of benzene rings is 1. The number of aromatic nitrogens is 1. The van der Waals surface area contributed by atoms with Crippen LogP contribution in [0.3, 0.4) is 0 Å². The summed E-state index contributed by atoms with van der Waals surface area (Å²) < 4.78 is 0. The topological polar surface area (TPSA) is 28.2 Å². The number of pyridine rings is 1. The summed E-state index contributed by atoms with van der Waals surface area (Å²) in [6.45, 7) is 3.16. The molecule has 1 aromatic carbocycles. The lowest BCUT2D eigenvalue weighted by atomic mass is 10.1. The van der Waals surface area contributed by atoms with Gasteiger partial charge in [0.2, 0.25) is 0 Å². The molecule has 0 radical (unpaired) electrons. The summed E-state index contributed by atoms with van der Waals surface area (Å²) in [5, 5.41) is 6.27. The Morgan fingerprint density at radius 1 is 1.14 bits per heavy atom. The zero-order valence-electron chi connectivity index (χ0n) is 12.2. The molecule has 1 saturated heterocycles. The van der Waals surface area contributed by atoms with Crippen LogP contribution in [0, 0.1) is 0 Å². The van der Waals surface area contributed by atoms with Crippen molar-refractivity contribution in [1.82, 2.24) is 10.3 Å². The van der Waals surface area contributed by atoms with Crippen molar-refractivity contribution in [2.75, 3.05) is 29.5 Å². The summed E-state index contributed by atoms with van der Waals surface area (Å²) in [7, 11) is 0. The molecule has 0 amide bonds. The van der Waals surface area contributed by atoms with Gasteiger partial charge in [0.15, 0.2) is 0 Å². The van der Waals surface area contributed by atoms with E-state index in [1.165, 1.54) is 46.5 Å². The molecule has 1 aliphatic heterocycles. The summed E-state index contributed by atoms with van der Waals surface area (Å²) in [5.74, 6) is 3.59. The van der Waals surface area contributed by atoms with Crippen molar-refractivity contribution < 1.29 is 0 Å². The van der Waals surface area contributed by atoms with Gasteiger partial charge in [-0.2, -0.15) is 11.8 Å². The quantitative estimate of drug-likeness (QED) is 0.939. The number of hydrogen-bond acceptors (Lipinski definition) is 4. The molecule has 1 N–H and O–H groups in total. The lowest BCUT2D eigenvalue weighted by Crippen LogP contribution is -2.33. The summed E-state index contributed by atoms with van der Waals surface area (Å²) in [4.78, 5) is 7.25. The van der Waals surface area contributed by atoms with Crippen molar-refractivity contribution in [2.45, 2.75) is 25.4 Å². The van der Waals surface area contributed by atoms with E-state index < -0.39 is 0 Å². The number of hydrogen-bond donors (Lipinski definition) is 1. The first kappa shape index (κ1) is 13.4. The van der Waals surface area contributed by atoms with Crippen LogP contribution in [-0.4, -0.2) is 35.6 Å². The Bertz CT molecular complexity index is 633. The van der Waals surface area contributed by atoms with Crippen molar-refractivity contribution in [3.8, 4) is 0 Å². The molecule has 21 heavy (non-hydrogen) atoms. The molecule has 2 aliphatic rings. The molecular formula is C17H21N3S. The number of rotatable bonds is 4. The number of nitrogens with zero attached hydrogens (tertiary/aromatic N) is 2. The van der Waals surface area contributed by atoms with E-state index in [2.05, 4.69) is 40.7 Å². The van der Waals surface area contributed by atoms with Gasteiger partial charge in [-0.25, -0.2) is 4.98 Å². The normalized spacial score (nSPS) is 19.1. The van der Waals surface area contributed by atoms with Crippen LogP contribution in [0.5, 0.6) is 0 Å². The Hall–Kier alpha value is -1.26. The predicted octanol–water partition coefficient (Wildman–Crippen LogP) is 3.04. The average Bonchev–Trinajstić information content (AvgIpc) is 3.38. The zero-order valence-corrected chi connectivity index (χ0v) is 13.0. The van der Waals surface area contributed by atoms with Crippen LogP contribution < -0.4 is 10.2 Å². The molecule has 4 heteroatoms. The van der Waals surface area contributed by atoms with Gasteiger partial charge in [-0.1, -0.05) is 24.3 Å². The lowest BCUT2D eigenvalue weighted by molar-refractivity contribution is 0.689. The minimum atomic E-state index is 0.738. The second-order valence-corrected chi connectivity index (χ2v) is 7.13. The molecular weight excluding hydrogens is 278 g/mol. The Kier molecular flexibility index (Phi) is 3.74. The highest BCUT2D eigenvalue weighted by Crippen LogP contribution is 2.29. The van der Waals surface area contributed by atoms with Gasteiger partial charge in [-0.15, -0.1) is 0 Å². The summed E-state index contributed by atoms with van der Waals surface area (Å²) in [6, 6.07) is 9.47. The Morgan fingerprint density at radius 2 is 1.90 bits per heavy atom. The van der Waals surface area contributed by atoms with Gasteiger partial charge in [-0.3, -0.25) is 0 Å². The molecule has 4 rings (SSSR count). The maximum atomic E-state index is 4.81. The average molecular weight is 299 g/mol. The molecule has 0 bridgehead atoms. The van der Waals surface area contributed by atoms with Gasteiger partial charge in [0.25, 0.3) is 0 Å². The molecule has 2 aromatic rings. The van der Waals surface area contributed by atoms with E-state index in [9.17, 15) is 0 Å². The maximum Gasteiger partial charge on any atom is 0.136 e.